The van der Waals surface area contributed by atoms with Crippen molar-refractivity contribution in [3.8, 4) is 62.4 Å². The van der Waals surface area contributed by atoms with Gasteiger partial charge in [0.25, 0.3) is 0 Å². The number of methoxy groups -OCH3 is 1. The van der Waals surface area contributed by atoms with Crippen molar-refractivity contribution in [3.05, 3.63) is 237 Å². The van der Waals surface area contributed by atoms with Gasteiger partial charge in [-0.3, -0.25) is 8.98 Å². The summed E-state index contributed by atoms with van der Waals surface area (Å²) < 4.78 is 141. The van der Waals surface area contributed by atoms with Crippen LogP contribution in [0.5, 0.6) is 0 Å². The van der Waals surface area contributed by atoms with E-state index in [9.17, 15) is 63.8 Å². The van der Waals surface area contributed by atoms with Crippen molar-refractivity contribution in [3.63, 3.8) is 0 Å². The zero-order valence-electron chi connectivity index (χ0n) is 70.6. The molecule has 10 aromatic rings. The number of carboxylic acids is 1. The highest BCUT2D eigenvalue weighted by atomic mass is 32.2. The van der Waals surface area contributed by atoms with Gasteiger partial charge in [-0.2, -0.15) is 77.8 Å². The monoisotopic (exact) mass is 1700 g/mol. The zero-order valence-corrected chi connectivity index (χ0v) is 71.4. The number of rotatable bonds is 16. The zero-order chi connectivity index (χ0) is 87.8. The summed E-state index contributed by atoms with van der Waals surface area (Å²) in [5, 5.41) is 71.9. The SMILES string of the molecule is CC1(C)[C@@H]2CC[C@@]1(CC#N)c1nnc(-c3ccccc3F)cc12.CC1(C)[C@@H]2CC[C@@]1(CC(=O)O)c1nnc(-c3ccccc3F)cc12.CC1(C)[C@@H]2CC[C@@]1(CCO)c1nnc(-c3ccccc3F)cc12.CC1(C)[C@@H]2CC[C@@]1(COS(=O)(=O)C(F)(F)F)c1nnc(-c3ccccc3F)cc12.COCC[C@]12CC[C@H](c3cc(-c4ccccc4F)nnc31)C2(C)C. The largest absolute Gasteiger partial charge is 0.523 e. The fourth-order valence-electron chi connectivity index (χ4n) is 24.5. The van der Waals surface area contributed by atoms with E-state index in [0.717, 1.165) is 110 Å². The number of carboxylic acid groups (broad SMARTS) is 1. The Morgan fingerprint density at radius 1 is 0.423 bits per heavy atom. The van der Waals surface area contributed by atoms with Crippen molar-refractivity contribution in [1.29, 1.82) is 5.26 Å². The molecule has 18 nitrogen and oxygen atoms in total. The number of hydrogen-bond donors (Lipinski definition) is 2. The van der Waals surface area contributed by atoms with E-state index in [0.29, 0.717) is 93.4 Å². The van der Waals surface area contributed by atoms with E-state index in [1.165, 1.54) is 41.5 Å². The van der Waals surface area contributed by atoms with Gasteiger partial charge in [-0.1, -0.05) is 130 Å². The third kappa shape index (κ3) is 13.2. The van der Waals surface area contributed by atoms with Crippen molar-refractivity contribution < 1.29 is 67.5 Å². The molecule has 5 saturated carbocycles. The number of ether oxygens (including phenoxy) is 1. The number of benzene rings is 5. The van der Waals surface area contributed by atoms with Crippen LogP contribution in [0.2, 0.25) is 0 Å². The fraction of sp³-hybridized carbons (Fsp3) is 0.458. The van der Waals surface area contributed by atoms with E-state index < -0.39 is 50.3 Å². The molecular weight excluding hydrogens is 1600 g/mol. The Balaban J connectivity index is 0.000000114. The molecular formula is C96H99F8N11O7S. The van der Waals surface area contributed by atoms with Gasteiger partial charge in [-0.15, -0.1) is 0 Å². The lowest BCUT2D eigenvalue weighted by atomic mass is 9.66. The van der Waals surface area contributed by atoms with Crippen LogP contribution in [0.25, 0.3) is 56.3 Å². The summed E-state index contributed by atoms with van der Waals surface area (Å²) in [7, 11) is -3.97. The molecule has 10 aliphatic carbocycles. The Bertz CT molecular complexity index is 6010. The van der Waals surface area contributed by atoms with Gasteiger partial charge in [-0.25, -0.2) is 22.0 Å². The van der Waals surface area contributed by atoms with Crippen molar-refractivity contribution >= 4 is 16.1 Å². The van der Waals surface area contributed by atoms with Crippen molar-refractivity contribution in [2.75, 3.05) is 26.9 Å². The second-order valence-corrected chi connectivity index (χ2v) is 39.4. The van der Waals surface area contributed by atoms with Crippen LogP contribution in [-0.4, -0.2) is 108 Å². The number of halogens is 8. The van der Waals surface area contributed by atoms with Gasteiger partial charge in [0.1, 0.15) is 29.1 Å². The van der Waals surface area contributed by atoms with Gasteiger partial charge in [0, 0.05) is 81.6 Å². The fourth-order valence-corrected chi connectivity index (χ4v) is 24.9. The Hall–Kier alpha value is -10.3. The molecule has 0 spiro atoms. The maximum Gasteiger partial charge on any atom is 0.523 e. The lowest BCUT2D eigenvalue weighted by Gasteiger charge is -2.37. The highest BCUT2D eigenvalue weighted by Gasteiger charge is 2.69. The molecule has 10 bridgehead atoms. The van der Waals surface area contributed by atoms with E-state index in [2.05, 4.69) is 123 Å². The van der Waals surface area contributed by atoms with Gasteiger partial charge in [0.2, 0.25) is 0 Å². The van der Waals surface area contributed by atoms with Crippen molar-refractivity contribution in [2.45, 2.75) is 221 Å². The molecule has 10 aliphatic rings. The summed E-state index contributed by atoms with van der Waals surface area (Å²) >= 11 is 0. The van der Waals surface area contributed by atoms with Gasteiger partial charge < -0.3 is 14.9 Å². The highest BCUT2D eigenvalue weighted by Crippen LogP contribution is 2.73. The molecule has 5 heterocycles. The predicted octanol–water partition coefficient (Wildman–Crippen LogP) is 20.9. The van der Waals surface area contributed by atoms with E-state index in [4.69, 9.17) is 4.74 Å². The van der Waals surface area contributed by atoms with E-state index in [-0.39, 0.29) is 91.6 Å². The first-order chi connectivity index (χ1) is 58.3. The van der Waals surface area contributed by atoms with Crippen LogP contribution < -0.4 is 0 Å². The first-order valence-corrected chi connectivity index (χ1v) is 43.5. The average Bonchev–Trinajstić information content (AvgIpc) is 1.55. The molecule has 0 aliphatic heterocycles. The Morgan fingerprint density at radius 3 is 0.984 bits per heavy atom. The van der Waals surface area contributed by atoms with Crippen LogP contribution in [0.4, 0.5) is 35.1 Å². The van der Waals surface area contributed by atoms with Crippen LogP contribution in [0.1, 0.15) is 245 Å². The number of hydrogen-bond acceptors (Lipinski definition) is 17. The number of aliphatic hydroxyl groups excluding tert-OH is 1. The van der Waals surface area contributed by atoms with Gasteiger partial charge in [0.15, 0.2) is 0 Å². The molecule has 5 fully saturated rings. The Morgan fingerprint density at radius 2 is 0.683 bits per heavy atom. The molecule has 5 aromatic heterocycles. The molecule has 0 unspecified atom stereocenters. The molecule has 0 saturated heterocycles. The summed E-state index contributed by atoms with van der Waals surface area (Å²) in [6.07, 6.45) is 11.5. The van der Waals surface area contributed by atoms with Gasteiger partial charge in [-0.05, 0) is 253 Å². The summed E-state index contributed by atoms with van der Waals surface area (Å²) in [5.41, 5.74) is 6.74. The smallest absolute Gasteiger partial charge is 0.481 e. The molecule has 642 valence electrons. The van der Waals surface area contributed by atoms with Gasteiger partial charge >= 0.3 is 21.6 Å². The maximum atomic E-state index is 14.1. The molecule has 2 N–H and O–H groups in total. The first-order valence-electron chi connectivity index (χ1n) is 42.1. The van der Waals surface area contributed by atoms with E-state index in [1.54, 1.807) is 92.0 Å². The van der Waals surface area contributed by atoms with Crippen LogP contribution >= 0.6 is 0 Å². The quantitative estimate of drug-likeness (QED) is 0.0517. The lowest BCUT2D eigenvalue weighted by molar-refractivity contribution is -0.139. The third-order valence-electron chi connectivity index (χ3n) is 31.7. The highest BCUT2D eigenvalue weighted by molar-refractivity contribution is 7.87. The van der Waals surface area contributed by atoms with Crippen LogP contribution in [0.3, 0.4) is 0 Å². The normalized spacial score (nSPS) is 26.4. The van der Waals surface area contributed by atoms with Crippen LogP contribution in [0, 0.1) is 67.5 Å². The standard InChI is InChI=1S/C20H23FN2O.C19H18F4N2O3S.C19H18FN3.C19H19FN2O2.C19H21FN2O/c1-19(2)15-8-9-20(19,10-11-24-3)18-14(15)12-17(22-23-18)13-6-4-5-7-16(13)21;1-17(2)13-7-8-18(17,10-28-29(26,27)19(21,22)23)16-12(13)9-15(24-25-16)11-5-3-4-6-14(11)20;1-18(2)14-7-8-19(18,9-10-21)17-13(14)11-16(22-23-17)12-5-3-4-6-15(12)20;1-18(2)13-7-8-19(18,10-16(23)24)17-12(13)9-15(21-22-17)11-5-3-4-6-14(11)20;1-18(2)14-7-8-19(18,9-10-23)17-13(14)11-16(21-22-17)12-5-3-4-6-15(12)20/h4-7,12,15H,8-11H2,1-3H3;3-6,9,13H,7-8,10H2,1-2H3;3-6,11,14H,7-9H2,1-2H3;3-6,9,13H,7-8,10H2,1-2H3,(H,23,24);3-6,11,14,23H,7-10H2,1-2H3/t15-,20-;13-,18-;14-,19-;13-,19-;14-,19-/m11111/s1. The number of nitriles is 1. The Kier molecular flexibility index (Phi) is 21.8. The topological polar surface area (TPSA) is 263 Å². The molecule has 123 heavy (non-hydrogen) atoms. The second kappa shape index (κ2) is 31.1. The first kappa shape index (κ1) is 86.3. The summed E-state index contributed by atoms with van der Waals surface area (Å²) in [6.45, 7) is 21.9. The molecule has 20 rings (SSSR count). The Labute approximate surface area is 710 Å². The van der Waals surface area contributed by atoms with Crippen LogP contribution in [-0.2, 0) is 50.9 Å². The minimum Gasteiger partial charge on any atom is -0.481 e. The minimum atomic E-state index is -5.72. The molecule has 5 aromatic carbocycles. The third-order valence-corrected chi connectivity index (χ3v) is 32.7. The van der Waals surface area contributed by atoms with Gasteiger partial charge in [0.05, 0.1) is 76.0 Å². The number of carbonyl (C=O) groups is 1. The average molecular weight is 1700 g/mol. The molecule has 10 atom stereocenters. The van der Waals surface area contributed by atoms with Crippen molar-refractivity contribution in [2.24, 2.45) is 27.1 Å². The predicted molar refractivity (Wildman–Crippen MR) is 446 cm³/mol. The van der Waals surface area contributed by atoms with Crippen LogP contribution in [0.15, 0.2) is 152 Å². The summed E-state index contributed by atoms with van der Waals surface area (Å²) in [6, 6.07) is 44.8. The minimum absolute atomic E-state index is 0.00635. The lowest BCUT2D eigenvalue weighted by Crippen LogP contribution is -2.42. The van der Waals surface area contributed by atoms with Crippen molar-refractivity contribution in [1.82, 2.24) is 51.0 Å². The molecule has 0 radical (unpaired) electrons. The summed E-state index contributed by atoms with van der Waals surface area (Å²) in [4.78, 5) is 11.5. The number of nitrogens with zero attached hydrogens (tertiary/aromatic N) is 11. The molecule has 27 heteroatoms. The van der Waals surface area contributed by atoms with E-state index in [1.807, 2.05) is 44.2 Å². The number of aromatic nitrogens is 10. The second-order valence-electron chi connectivity index (χ2n) is 37.8. The molecule has 0 amide bonds. The summed E-state index contributed by atoms with van der Waals surface area (Å²) in [5.74, 6) is -0.983. The maximum absolute atomic E-state index is 14.1. The number of aliphatic carboxylic acids is 1. The number of alkyl halides is 3. The number of aliphatic hydroxyl groups is 1. The van der Waals surface area contributed by atoms with E-state index >= 15 is 0 Å². The number of fused-ring (bicyclic) bond motifs is 25.